The van der Waals surface area contributed by atoms with Crippen molar-refractivity contribution in [3.05, 3.63) is 52.1 Å². The number of amides is 4. The Hall–Kier alpha value is -5.77. The minimum atomic E-state index is -1.08. The molecule has 3 rings (SSSR count). The molecular weight excluding hydrogens is 755 g/mol. The lowest BCUT2D eigenvalue weighted by Gasteiger charge is -2.23. The van der Waals surface area contributed by atoms with E-state index in [9.17, 15) is 33.6 Å². The van der Waals surface area contributed by atoms with Crippen LogP contribution in [0.2, 0.25) is 0 Å². The number of aldehydes is 2. The third kappa shape index (κ3) is 14.5. The third-order valence-corrected chi connectivity index (χ3v) is 9.61. The zero-order valence-electron chi connectivity index (χ0n) is 30.2. The van der Waals surface area contributed by atoms with Gasteiger partial charge < -0.3 is 53.4 Å². The number of anilines is 2. The van der Waals surface area contributed by atoms with Crippen LogP contribution in [0, 0.1) is 0 Å². The Morgan fingerprint density at radius 3 is 2.31 bits per heavy atom. The van der Waals surface area contributed by atoms with Crippen molar-refractivity contribution >= 4 is 86.5 Å². The van der Waals surface area contributed by atoms with Crippen molar-refractivity contribution in [3.8, 4) is 0 Å². The number of aliphatic imine (C=N–C) groups is 1. The molecule has 2 aromatic heterocycles. The summed E-state index contributed by atoms with van der Waals surface area (Å²) in [6.45, 7) is 2.08. The molecule has 0 fully saturated rings. The van der Waals surface area contributed by atoms with Crippen molar-refractivity contribution in [2.45, 2.75) is 69.7 Å². The Kier molecular flexibility index (Phi) is 17.8. The lowest BCUT2D eigenvalue weighted by atomic mass is 10.1. The molecule has 0 radical (unpaired) electrons. The van der Waals surface area contributed by atoms with Gasteiger partial charge in [-0.05, 0) is 56.2 Å². The van der Waals surface area contributed by atoms with Gasteiger partial charge in [-0.2, -0.15) is 4.98 Å². The van der Waals surface area contributed by atoms with E-state index >= 15 is 0 Å². The predicted octanol–water partition coefficient (Wildman–Crippen LogP) is -0.887. The van der Waals surface area contributed by atoms with Gasteiger partial charge in [0, 0.05) is 30.0 Å². The van der Waals surface area contributed by atoms with Crippen LogP contribution in [-0.2, 0) is 30.5 Å². The molecule has 0 saturated heterocycles. The van der Waals surface area contributed by atoms with Crippen molar-refractivity contribution in [1.82, 2.24) is 41.2 Å². The number of carbonyl (C=O) groups excluding carboxylic acids is 6. The Labute approximate surface area is 323 Å². The molecule has 3 aromatic rings. The molecule has 296 valence electrons. The number of benzene rings is 1. The van der Waals surface area contributed by atoms with Crippen molar-refractivity contribution in [3.63, 3.8) is 0 Å². The van der Waals surface area contributed by atoms with Gasteiger partial charge in [-0.25, -0.2) is 9.97 Å². The van der Waals surface area contributed by atoms with Crippen LogP contribution in [0.1, 0.15) is 55.1 Å². The number of guanidine groups is 1. The monoisotopic (exact) mass is 799 g/mol. The van der Waals surface area contributed by atoms with E-state index < -0.39 is 53.4 Å². The minimum absolute atomic E-state index is 0.0429. The van der Waals surface area contributed by atoms with Gasteiger partial charge in [0.25, 0.3) is 11.5 Å². The van der Waals surface area contributed by atoms with Gasteiger partial charge in [0.05, 0.1) is 30.5 Å². The fourth-order valence-electron chi connectivity index (χ4n) is 4.90. The highest BCUT2D eigenvalue weighted by Crippen LogP contribution is 2.17. The Morgan fingerprint density at radius 1 is 0.945 bits per heavy atom. The number of nitrogens with two attached hydrogens (primary N) is 3. The first-order chi connectivity index (χ1) is 26.4. The molecule has 55 heavy (non-hydrogen) atoms. The van der Waals surface area contributed by atoms with E-state index in [0.29, 0.717) is 36.1 Å². The SMILES string of the molecule is CC[C@@H](NC(=O)[C@@H](CCCN=C(N)N)NC(=O)CC[C@H](C=O)NC(=O)c1ccc(NCc2cnc3nc(N)[nH]c(=O)c3n2)cc1)C(=O)NC(C=O)CSSC. The Balaban J connectivity index is 1.55. The van der Waals surface area contributed by atoms with Gasteiger partial charge in [-0.1, -0.05) is 28.5 Å². The van der Waals surface area contributed by atoms with E-state index in [1.807, 2.05) is 6.26 Å². The quantitative estimate of drug-likeness (QED) is 0.0185. The van der Waals surface area contributed by atoms with Gasteiger partial charge in [-0.3, -0.25) is 33.9 Å². The molecule has 1 aromatic carbocycles. The average molecular weight is 800 g/mol. The zero-order valence-corrected chi connectivity index (χ0v) is 31.8. The summed E-state index contributed by atoms with van der Waals surface area (Å²) in [6.07, 6.45) is 4.79. The number of aromatic nitrogens is 4. The first kappa shape index (κ1) is 43.6. The summed E-state index contributed by atoms with van der Waals surface area (Å²) in [5.41, 5.74) is 17.3. The smallest absolute Gasteiger partial charge is 0.280 e. The van der Waals surface area contributed by atoms with Crippen LogP contribution in [0.4, 0.5) is 11.6 Å². The second-order valence-corrected chi connectivity index (χ2v) is 14.5. The molecule has 0 aliphatic rings. The summed E-state index contributed by atoms with van der Waals surface area (Å²) in [6, 6.07) is 2.52. The fourth-order valence-corrected chi connectivity index (χ4v) is 6.20. The normalized spacial score (nSPS) is 13.0. The number of fused-ring (bicyclic) bond motifs is 1. The van der Waals surface area contributed by atoms with Gasteiger partial charge in [0.2, 0.25) is 23.7 Å². The lowest BCUT2D eigenvalue weighted by Crippen LogP contribution is -2.55. The van der Waals surface area contributed by atoms with Gasteiger partial charge in [-0.15, -0.1) is 0 Å². The highest BCUT2D eigenvalue weighted by molar-refractivity contribution is 8.76. The van der Waals surface area contributed by atoms with Crippen LogP contribution < -0.4 is 49.3 Å². The second-order valence-electron chi connectivity index (χ2n) is 11.9. The third-order valence-electron chi connectivity index (χ3n) is 7.77. The minimum Gasteiger partial charge on any atom is -0.379 e. The summed E-state index contributed by atoms with van der Waals surface area (Å²) in [4.78, 5) is 106. The average Bonchev–Trinajstić information content (AvgIpc) is 3.17. The number of rotatable bonds is 23. The Morgan fingerprint density at radius 2 is 1.65 bits per heavy atom. The molecule has 4 atom stereocenters. The van der Waals surface area contributed by atoms with Crippen molar-refractivity contribution in [2.24, 2.45) is 16.5 Å². The number of carbonyl (C=O) groups is 6. The second kappa shape index (κ2) is 22.4. The summed E-state index contributed by atoms with van der Waals surface area (Å²) in [7, 11) is 2.84. The lowest BCUT2D eigenvalue weighted by molar-refractivity contribution is -0.132. The van der Waals surface area contributed by atoms with Crippen LogP contribution in [0.5, 0.6) is 0 Å². The number of nitrogen functional groups attached to an aromatic ring is 1. The van der Waals surface area contributed by atoms with Crippen LogP contribution in [0.3, 0.4) is 0 Å². The van der Waals surface area contributed by atoms with Crippen LogP contribution in [0.15, 0.2) is 40.2 Å². The molecule has 4 amide bonds. The first-order valence-corrected chi connectivity index (χ1v) is 19.8. The maximum absolute atomic E-state index is 13.3. The predicted molar refractivity (Wildman–Crippen MR) is 211 cm³/mol. The molecule has 12 N–H and O–H groups in total. The molecular formula is C33H45N13O7S2. The molecule has 20 nitrogen and oxygen atoms in total. The zero-order chi connectivity index (χ0) is 40.3. The topological polar surface area (TPSA) is 325 Å². The summed E-state index contributed by atoms with van der Waals surface area (Å²) < 4.78 is 0. The van der Waals surface area contributed by atoms with Crippen LogP contribution in [0.25, 0.3) is 11.2 Å². The standard InChI is InChI=1S/C33H45N13O7S2/c1-3-23(29(51)42-22(16-48)17-55-54-2)44-30(52)24(5-4-12-37-32(34)35)43-25(49)11-10-20(15-47)41-28(50)18-6-8-19(9-7-18)38-13-21-14-39-27-26(40-21)31(53)46-33(36)45-27/h6-9,14-16,20,22-24,38H,3-5,10-13,17H2,1-2H3,(H,41,50)(H,42,51)(H,43,49)(H,44,52)(H4,34,35,37)(H3,36,39,45,46,53)/t20-,22?,23-,24-/m1/s1. The molecule has 0 saturated carbocycles. The number of hydrogen-bond donors (Lipinski definition) is 9. The fraction of sp³-hybridized carbons (Fsp3) is 0.424. The molecule has 2 heterocycles. The number of hydrogen-bond acceptors (Lipinski definition) is 15. The van der Waals surface area contributed by atoms with Gasteiger partial charge in [0.15, 0.2) is 17.1 Å². The first-order valence-electron chi connectivity index (χ1n) is 17.0. The number of nitrogens with one attached hydrogen (secondary N) is 6. The molecule has 0 spiro atoms. The summed E-state index contributed by atoms with van der Waals surface area (Å²) >= 11 is 0. The van der Waals surface area contributed by atoms with E-state index in [0.717, 1.165) is 0 Å². The number of H-pyrrole nitrogens is 1. The molecule has 0 aliphatic heterocycles. The van der Waals surface area contributed by atoms with E-state index in [1.165, 1.54) is 39.9 Å². The molecule has 22 heteroatoms. The van der Waals surface area contributed by atoms with E-state index in [1.54, 1.807) is 19.1 Å². The maximum Gasteiger partial charge on any atom is 0.280 e. The van der Waals surface area contributed by atoms with Crippen LogP contribution in [-0.4, -0.2) is 105 Å². The Bertz CT molecular complexity index is 1890. The van der Waals surface area contributed by atoms with Gasteiger partial charge in [0.1, 0.15) is 24.7 Å². The van der Waals surface area contributed by atoms with Gasteiger partial charge >= 0.3 is 0 Å². The maximum atomic E-state index is 13.3. The number of aromatic amines is 1. The van der Waals surface area contributed by atoms with E-state index in [4.69, 9.17) is 17.2 Å². The molecule has 0 bridgehead atoms. The molecule has 1 unspecified atom stereocenters. The van der Waals surface area contributed by atoms with E-state index in [2.05, 4.69) is 51.5 Å². The number of nitrogens with zero attached hydrogens (tertiary/aromatic N) is 4. The highest BCUT2D eigenvalue weighted by atomic mass is 33.1. The van der Waals surface area contributed by atoms with Crippen LogP contribution >= 0.6 is 21.6 Å². The van der Waals surface area contributed by atoms with E-state index in [-0.39, 0.29) is 67.4 Å². The summed E-state index contributed by atoms with van der Waals surface area (Å²) in [5, 5.41) is 13.6. The largest absolute Gasteiger partial charge is 0.379 e. The highest BCUT2D eigenvalue weighted by Gasteiger charge is 2.27. The summed E-state index contributed by atoms with van der Waals surface area (Å²) in [5.74, 6) is -2.17. The van der Waals surface area contributed by atoms with Crippen molar-refractivity contribution in [1.29, 1.82) is 0 Å². The van der Waals surface area contributed by atoms with Crippen molar-refractivity contribution in [2.75, 3.05) is 29.6 Å². The van der Waals surface area contributed by atoms with Crippen molar-refractivity contribution < 1.29 is 28.8 Å². The molecule has 0 aliphatic carbocycles.